The van der Waals surface area contributed by atoms with E-state index in [1.54, 1.807) is 12.1 Å². The molecular formula is C14H21F2NO. The van der Waals surface area contributed by atoms with Crippen molar-refractivity contribution < 1.29 is 13.5 Å². The normalized spacial score (nSPS) is 13.1. The van der Waals surface area contributed by atoms with Gasteiger partial charge in [0.1, 0.15) is 5.75 Å². The Hall–Kier alpha value is -1.16. The fourth-order valence-electron chi connectivity index (χ4n) is 1.64. The van der Waals surface area contributed by atoms with E-state index in [1.807, 2.05) is 12.1 Å². The zero-order valence-corrected chi connectivity index (χ0v) is 11.1. The molecule has 0 heterocycles. The molecular weight excluding hydrogens is 236 g/mol. The van der Waals surface area contributed by atoms with Crippen molar-refractivity contribution in [3.63, 3.8) is 0 Å². The van der Waals surface area contributed by atoms with E-state index in [0.717, 1.165) is 18.5 Å². The Morgan fingerprint density at radius 1 is 1.11 bits per heavy atom. The van der Waals surface area contributed by atoms with E-state index in [-0.39, 0.29) is 11.8 Å². The molecule has 0 spiro atoms. The van der Waals surface area contributed by atoms with Gasteiger partial charge in [-0.2, -0.15) is 8.78 Å². The number of benzene rings is 1. The van der Waals surface area contributed by atoms with E-state index in [1.165, 1.54) is 0 Å². The van der Waals surface area contributed by atoms with Crippen molar-refractivity contribution in [1.82, 2.24) is 5.32 Å². The first-order valence-corrected chi connectivity index (χ1v) is 6.27. The standard InChI is InChI=1S/C14H21F2NO/c1-10(2)8-9-17-11(3)12-4-6-13(7-5-12)18-14(15)16/h4-7,10-11,14,17H,8-9H2,1-3H3. The Balaban J connectivity index is 2.46. The zero-order valence-electron chi connectivity index (χ0n) is 11.1. The first-order chi connectivity index (χ1) is 8.49. The third kappa shape index (κ3) is 5.45. The summed E-state index contributed by atoms with van der Waals surface area (Å²) in [6, 6.07) is 6.98. The van der Waals surface area contributed by atoms with Crippen LogP contribution in [0.5, 0.6) is 5.75 Å². The molecule has 1 aromatic carbocycles. The molecule has 0 saturated heterocycles. The molecule has 0 aliphatic carbocycles. The molecule has 0 amide bonds. The highest BCUT2D eigenvalue weighted by Crippen LogP contribution is 2.19. The molecule has 18 heavy (non-hydrogen) atoms. The van der Waals surface area contributed by atoms with Gasteiger partial charge in [-0.05, 0) is 43.5 Å². The lowest BCUT2D eigenvalue weighted by molar-refractivity contribution is -0.0498. The maximum atomic E-state index is 12.0. The van der Waals surface area contributed by atoms with Gasteiger partial charge in [-0.1, -0.05) is 26.0 Å². The highest BCUT2D eigenvalue weighted by Gasteiger charge is 2.07. The average Bonchev–Trinajstić information content (AvgIpc) is 2.28. The van der Waals surface area contributed by atoms with Crippen LogP contribution < -0.4 is 10.1 Å². The van der Waals surface area contributed by atoms with Gasteiger partial charge in [0.25, 0.3) is 0 Å². The smallest absolute Gasteiger partial charge is 0.387 e. The number of rotatable bonds is 7. The van der Waals surface area contributed by atoms with Crippen LogP contribution >= 0.6 is 0 Å². The van der Waals surface area contributed by atoms with Crippen LogP contribution in [-0.2, 0) is 0 Å². The predicted octanol–water partition coefficient (Wildman–Crippen LogP) is 3.98. The van der Waals surface area contributed by atoms with Crippen molar-refractivity contribution in [3.05, 3.63) is 29.8 Å². The highest BCUT2D eigenvalue weighted by molar-refractivity contribution is 5.28. The second kappa shape index (κ2) is 7.31. The van der Waals surface area contributed by atoms with Gasteiger partial charge in [-0.3, -0.25) is 0 Å². The maximum absolute atomic E-state index is 12.0. The fourth-order valence-corrected chi connectivity index (χ4v) is 1.64. The van der Waals surface area contributed by atoms with Crippen molar-refractivity contribution in [2.45, 2.75) is 39.8 Å². The number of halogens is 2. The molecule has 0 aliphatic heterocycles. The summed E-state index contributed by atoms with van der Waals surface area (Å²) in [5.41, 5.74) is 1.07. The summed E-state index contributed by atoms with van der Waals surface area (Å²) >= 11 is 0. The molecule has 0 fully saturated rings. The van der Waals surface area contributed by atoms with Gasteiger partial charge in [-0.15, -0.1) is 0 Å². The van der Waals surface area contributed by atoms with Crippen LogP contribution in [0.2, 0.25) is 0 Å². The summed E-state index contributed by atoms with van der Waals surface area (Å²) in [6.45, 7) is 4.61. The Morgan fingerprint density at radius 3 is 2.22 bits per heavy atom. The van der Waals surface area contributed by atoms with Crippen LogP contribution in [-0.4, -0.2) is 13.2 Å². The Labute approximate surface area is 107 Å². The molecule has 1 N–H and O–H groups in total. The fraction of sp³-hybridized carbons (Fsp3) is 0.571. The quantitative estimate of drug-likeness (QED) is 0.797. The first-order valence-electron chi connectivity index (χ1n) is 6.27. The van der Waals surface area contributed by atoms with Crippen molar-refractivity contribution >= 4 is 0 Å². The zero-order chi connectivity index (χ0) is 13.5. The third-order valence-electron chi connectivity index (χ3n) is 2.78. The van der Waals surface area contributed by atoms with Crippen LogP contribution in [0.1, 0.15) is 38.8 Å². The summed E-state index contributed by atoms with van der Waals surface area (Å²) in [7, 11) is 0. The number of ether oxygens (including phenoxy) is 1. The minimum absolute atomic E-state index is 0.197. The molecule has 4 heteroatoms. The molecule has 1 rings (SSSR count). The minimum Gasteiger partial charge on any atom is -0.435 e. The van der Waals surface area contributed by atoms with Crippen molar-refractivity contribution in [1.29, 1.82) is 0 Å². The summed E-state index contributed by atoms with van der Waals surface area (Å²) in [5.74, 6) is 0.870. The molecule has 1 aromatic rings. The summed E-state index contributed by atoms with van der Waals surface area (Å²) in [4.78, 5) is 0. The second-order valence-electron chi connectivity index (χ2n) is 4.81. The van der Waals surface area contributed by atoms with Gasteiger partial charge in [0.2, 0.25) is 0 Å². The largest absolute Gasteiger partial charge is 0.435 e. The Bertz CT molecular complexity index is 338. The van der Waals surface area contributed by atoms with Gasteiger partial charge < -0.3 is 10.1 Å². The molecule has 0 bridgehead atoms. The third-order valence-corrected chi connectivity index (χ3v) is 2.78. The molecule has 2 nitrogen and oxygen atoms in total. The van der Waals surface area contributed by atoms with E-state index >= 15 is 0 Å². The van der Waals surface area contributed by atoms with Gasteiger partial charge >= 0.3 is 6.61 Å². The molecule has 1 atom stereocenters. The molecule has 1 unspecified atom stereocenters. The number of alkyl halides is 2. The average molecular weight is 257 g/mol. The van der Waals surface area contributed by atoms with Crippen LogP contribution in [0.25, 0.3) is 0 Å². The van der Waals surface area contributed by atoms with Crippen molar-refractivity contribution in [2.24, 2.45) is 5.92 Å². The SMILES string of the molecule is CC(C)CCNC(C)c1ccc(OC(F)F)cc1. The minimum atomic E-state index is -2.77. The van der Waals surface area contributed by atoms with E-state index in [0.29, 0.717) is 5.92 Å². The van der Waals surface area contributed by atoms with E-state index < -0.39 is 6.61 Å². The number of nitrogens with one attached hydrogen (secondary N) is 1. The molecule has 0 radical (unpaired) electrons. The first kappa shape index (κ1) is 14.9. The predicted molar refractivity (Wildman–Crippen MR) is 68.9 cm³/mol. The summed E-state index contributed by atoms with van der Waals surface area (Å²) in [5, 5.41) is 3.40. The highest BCUT2D eigenvalue weighted by atomic mass is 19.3. The van der Waals surface area contributed by atoms with Crippen LogP contribution in [0.3, 0.4) is 0 Å². The molecule has 0 aliphatic rings. The van der Waals surface area contributed by atoms with E-state index in [2.05, 4.69) is 30.8 Å². The van der Waals surface area contributed by atoms with E-state index in [9.17, 15) is 8.78 Å². The van der Waals surface area contributed by atoms with Crippen LogP contribution in [0.4, 0.5) is 8.78 Å². The second-order valence-corrected chi connectivity index (χ2v) is 4.81. The van der Waals surface area contributed by atoms with Crippen molar-refractivity contribution in [3.8, 4) is 5.75 Å². The summed E-state index contributed by atoms with van der Waals surface area (Å²) in [6.07, 6.45) is 1.12. The van der Waals surface area contributed by atoms with Gasteiger partial charge in [-0.25, -0.2) is 0 Å². The monoisotopic (exact) mass is 257 g/mol. The topological polar surface area (TPSA) is 21.3 Å². The van der Waals surface area contributed by atoms with Gasteiger partial charge in [0.05, 0.1) is 0 Å². The number of hydrogen-bond donors (Lipinski definition) is 1. The molecule has 0 aromatic heterocycles. The van der Waals surface area contributed by atoms with Crippen molar-refractivity contribution in [2.75, 3.05) is 6.54 Å². The maximum Gasteiger partial charge on any atom is 0.387 e. The lowest BCUT2D eigenvalue weighted by Gasteiger charge is -2.15. The van der Waals surface area contributed by atoms with E-state index in [4.69, 9.17) is 0 Å². The Morgan fingerprint density at radius 2 is 1.72 bits per heavy atom. The van der Waals surface area contributed by atoms with Crippen LogP contribution in [0.15, 0.2) is 24.3 Å². The lowest BCUT2D eigenvalue weighted by Crippen LogP contribution is -2.20. The van der Waals surface area contributed by atoms with Gasteiger partial charge in [0, 0.05) is 6.04 Å². The Kier molecular flexibility index (Phi) is 6.05. The van der Waals surface area contributed by atoms with Gasteiger partial charge in [0.15, 0.2) is 0 Å². The molecule has 0 saturated carbocycles. The van der Waals surface area contributed by atoms with Crippen LogP contribution in [0, 0.1) is 5.92 Å². The summed E-state index contributed by atoms with van der Waals surface area (Å²) < 4.78 is 28.3. The number of hydrogen-bond acceptors (Lipinski definition) is 2. The lowest BCUT2D eigenvalue weighted by atomic mass is 10.1. The molecule has 102 valence electrons.